The van der Waals surface area contributed by atoms with Gasteiger partial charge in [-0.3, -0.25) is 18.8 Å². The number of ether oxygens (including phenoxy) is 2. The highest BCUT2D eigenvalue weighted by Gasteiger charge is 2.42. The van der Waals surface area contributed by atoms with Gasteiger partial charge in [-0.25, -0.2) is 35.8 Å². The molecule has 0 saturated heterocycles. The summed E-state index contributed by atoms with van der Waals surface area (Å²) in [6.45, 7) is 3.81. The number of pyridine rings is 1. The van der Waals surface area contributed by atoms with Crippen molar-refractivity contribution in [1.82, 2.24) is 29.6 Å². The van der Waals surface area contributed by atoms with E-state index < -0.39 is 99.4 Å². The highest BCUT2D eigenvalue weighted by Crippen LogP contribution is 2.38. The molecule has 5 rings (SSSR count). The van der Waals surface area contributed by atoms with Gasteiger partial charge >= 0.3 is 18.4 Å². The summed E-state index contributed by atoms with van der Waals surface area (Å²) in [5, 5.41) is 6.21. The Labute approximate surface area is 319 Å². The molecule has 0 aliphatic carbocycles. The monoisotopic (exact) mass is 831 g/mol. The molecule has 2 amide bonds. The number of halogens is 7. The van der Waals surface area contributed by atoms with E-state index in [0.29, 0.717) is 10.4 Å². The van der Waals surface area contributed by atoms with Crippen LogP contribution in [0.2, 0.25) is 5.02 Å². The number of hydrogen-bond acceptors (Lipinski definition) is 10. The minimum absolute atomic E-state index is 0.0538. The first-order chi connectivity index (χ1) is 25.9. The van der Waals surface area contributed by atoms with Gasteiger partial charge in [-0.1, -0.05) is 11.6 Å². The Morgan fingerprint density at radius 2 is 1.68 bits per heavy atom. The number of carbonyl (C=O) groups excluding carboxylic acids is 2. The number of nitrogens with zero attached hydrogens (tertiary/aromatic N) is 6. The second-order valence-corrected chi connectivity index (χ2v) is 15.7. The number of nitrogens with one attached hydrogen (secondary N) is 1. The Kier molecular flexibility index (Phi) is 11.4. The van der Waals surface area contributed by atoms with Crippen LogP contribution in [-0.2, 0) is 33.0 Å². The average Bonchev–Trinajstić information content (AvgIpc) is 3.38. The van der Waals surface area contributed by atoms with Crippen LogP contribution in [0.15, 0.2) is 47.3 Å². The van der Waals surface area contributed by atoms with Crippen molar-refractivity contribution < 1.29 is 53.8 Å². The average molecular weight is 832 g/mol. The second-order valence-electron chi connectivity index (χ2n) is 13.4. The van der Waals surface area contributed by atoms with Crippen LogP contribution in [0.1, 0.15) is 45.1 Å². The Bertz CT molecular complexity index is 2520. The molecule has 56 heavy (non-hydrogen) atoms. The van der Waals surface area contributed by atoms with E-state index in [1.54, 1.807) is 20.8 Å². The number of anilines is 1. The van der Waals surface area contributed by atoms with Crippen LogP contribution in [0.3, 0.4) is 0 Å². The van der Waals surface area contributed by atoms with E-state index in [-0.39, 0.29) is 32.6 Å². The van der Waals surface area contributed by atoms with Crippen molar-refractivity contribution in [3.05, 3.63) is 80.9 Å². The van der Waals surface area contributed by atoms with Crippen molar-refractivity contribution in [2.45, 2.75) is 58.1 Å². The Morgan fingerprint density at radius 1 is 1.04 bits per heavy atom. The smallest absolute Gasteiger partial charge is 0.408 e. The fourth-order valence-electron chi connectivity index (χ4n) is 5.67. The van der Waals surface area contributed by atoms with Crippen molar-refractivity contribution in [2.24, 2.45) is 7.05 Å². The van der Waals surface area contributed by atoms with Gasteiger partial charge in [-0.05, 0) is 56.7 Å². The van der Waals surface area contributed by atoms with E-state index in [2.05, 4.69) is 20.4 Å². The van der Waals surface area contributed by atoms with E-state index in [9.17, 15) is 49.1 Å². The summed E-state index contributed by atoms with van der Waals surface area (Å²) in [6.07, 6.45) is -4.89. The zero-order chi connectivity index (χ0) is 41.7. The molecule has 1 N–H and O–H groups in total. The molecular weight excluding hydrogens is 800 g/mol. The lowest BCUT2D eigenvalue weighted by Gasteiger charge is -2.26. The lowest BCUT2D eigenvalue weighted by molar-refractivity contribution is -0.148. The summed E-state index contributed by atoms with van der Waals surface area (Å²) in [6, 6.07) is 5.49. The van der Waals surface area contributed by atoms with Gasteiger partial charge in [0.15, 0.2) is 18.1 Å². The van der Waals surface area contributed by atoms with Crippen LogP contribution in [0.4, 0.5) is 37.0 Å². The maximum atomic E-state index is 14.6. The van der Waals surface area contributed by atoms with E-state index >= 15 is 0 Å². The van der Waals surface area contributed by atoms with Crippen LogP contribution < -0.4 is 19.9 Å². The molecule has 22 heteroatoms. The molecule has 0 aliphatic heterocycles. The van der Waals surface area contributed by atoms with Gasteiger partial charge in [0, 0.05) is 32.5 Å². The number of alkyl halides is 4. The summed E-state index contributed by atoms with van der Waals surface area (Å²) in [5.74, 6) is -9.03. The van der Waals surface area contributed by atoms with Crippen LogP contribution in [-0.4, -0.2) is 75.5 Å². The molecular formula is C34H32ClF6N7O7S. The molecule has 0 spiro atoms. The van der Waals surface area contributed by atoms with Gasteiger partial charge in [-0.15, -0.1) is 0 Å². The van der Waals surface area contributed by atoms with Crippen molar-refractivity contribution in [3.63, 3.8) is 0 Å². The first-order valence-corrected chi connectivity index (χ1v) is 18.4. The van der Waals surface area contributed by atoms with Gasteiger partial charge in [0.1, 0.15) is 23.1 Å². The first kappa shape index (κ1) is 41.7. The fourth-order valence-corrected chi connectivity index (χ4v) is 6.81. The summed E-state index contributed by atoms with van der Waals surface area (Å²) in [7, 11) is -2.96. The molecule has 300 valence electrons. The lowest BCUT2D eigenvalue weighted by atomic mass is 10.0. The molecule has 3 aromatic heterocycles. The fraction of sp³-hybridized carbons (Fsp3) is 0.353. The second kappa shape index (κ2) is 15.2. The number of alkyl carbamates (subject to hydrolysis) is 1. The van der Waals surface area contributed by atoms with Crippen LogP contribution in [0.5, 0.6) is 5.88 Å². The van der Waals surface area contributed by atoms with Gasteiger partial charge < -0.3 is 14.8 Å². The number of aryl methyl sites for hydroxylation is 1. The third-order valence-corrected chi connectivity index (χ3v) is 9.19. The van der Waals surface area contributed by atoms with Gasteiger partial charge in [-0.2, -0.15) is 23.2 Å². The van der Waals surface area contributed by atoms with E-state index in [0.717, 1.165) is 46.7 Å². The van der Waals surface area contributed by atoms with Crippen molar-refractivity contribution in [3.8, 4) is 11.6 Å². The summed E-state index contributed by atoms with van der Waals surface area (Å²) >= 11 is 6.58. The number of hydrogen-bond donors (Lipinski definition) is 1. The number of rotatable bonds is 11. The molecule has 0 unspecified atom stereocenters. The van der Waals surface area contributed by atoms with Crippen molar-refractivity contribution >= 4 is 61.4 Å². The van der Waals surface area contributed by atoms with Gasteiger partial charge in [0.05, 0.1) is 39.3 Å². The van der Waals surface area contributed by atoms with Crippen LogP contribution in [0, 0.1) is 11.6 Å². The molecule has 0 radical (unpaired) electrons. The number of aromatic nitrogens is 5. The summed E-state index contributed by atoms with van der Waals surface area (Å²) < 4.78 is 120. The highest BCUT2D eigenvalue weighted by molar-refractivity contribution is 7.92. The molecule has 1 atom stereocenters. The quantitative estimate of drug-likeness (QED) is 0.156. The minimum Gasteiger partial charge on any atom is -0.471 e. The largest absolute Gasteiger partial charge is 0.471 e. The van der Waals surface area contributed by atoms with E-state index in [4.69, 9.17) is 21.1 Å². The van der Waals surface area contributed by atoms with Crippen molar-refractivity contribution in [2.75, 3.05) is 17.2 Å². The summed E-state index contributed by atoms with van der Waals surface area (Å²) in [4.78, 5) is 49.0. The van der Waals surface area contributed by atoms with Gasteiger partial charge in [0.25, 0.3) is 5.56 Å². The van der Waals surface area contributed by atoms with Crippen LogP contribution in [0.25, 0.3) is 27.6 Å². The zero-order valence-corrected chi connectivity index (χ0v) is 31.8. The third kappa shape index (κ3) is 8.83. The SMILES string of the molecule is CC(=O)N(c1nn(C)c2c(-n3c([C@H](Cc4cc(F)cc(F)c4)NC(=O)OC(C)(C)C)nc4nc(OCC(F)(F)C(F)F)ccc4c3=O)ccc(Cl)c12)S(C)(=O)=O. The predicted octanol–water partition coefficient (Wildman–Crippen LogP) is 6.00. The number of fused-ring (bicyclic) bond motifs is 2. The third-order valence-electron chi connectivity index (χ3n) is 7.78. The van der Waals surface area contributed by atoms with Crippen molar-refractivity contribution in [1.29, 1.82) is 0 Å². The summed E-state index contributed by atoms with van der Waals surface area (Å²) in [5.41, 5.74) is -2.80. The Balaban J connectivity index is 1.86. The zero-order valence-electron chi connectivity index (χ0n) is 30.2. The maximum absolute atomic E-state index is 14.6. The maximum Gasteiger partial charge on any atom is 0.408 e. The highest BCUT2D eigenvalue weighted by atomic mass is 35.5. The number of amides is 2. The minimum atomic E-state index is -4.57. The molecule has 2 aromatic carbocycles. The molecule has 14 nitrogen and oxygen atoms in total. The number of benzene rings is 2. The molecule has 0 bridgehead atoms. The number of carbonyl (C=O) groups is 2. The van der Waals surface area contributed by atoms with E-state index in [1.807, 2.05) is 0 Å². The van der Waals surface area contributed by atoms with E-state index in [1.165, 1.54) is 19.2 Å². The van der Waals surface area contributed by atoms with Crippen LogP contribution >= 0.6 is 11.6 Å². The Morgan fingerprint density at radius 3 is 2.25 bits per heavy atom. The molecule has 0 fully saturated rings. The molecule has 0 aliphatic rings. The number of sulfonamides is 1. The molecule has 0 saturated carbocycles. The Hall–Kier alpha value is -5.44. The topological polar surface area (TPSA) is 168 Å². The first-order valence-electron chi connectivity index (χ1n) is 16.2. The normalized spacial score (nSPS) is 13.0. The molecule has 5 aromatic rings. The molecule has 3 heterocycles. The standard InChI is InChI=1S/C34H32ClF6N7O7S/c1-16(49)48(56(6,52)53)29-25-21(35)8-9-23(26(25)46(5)45-29)47-28(22(42-32(51)55-33(2,3)4)13-17-11-18(36)14-19(37)12-17)44-27-20(30(47)50)7-10-24(43-27)54-15-34(40,41)31(38)39/h7-12,14,22,31H,13,15H2,1-6H3,(H,42,51)/t22-/m0/s1. The van der Waals surface area contributed by atoms with Gasteiger partial charge in [0.2, 0.25) is 21.8 Å². The predicted molar refractivity (Wildman–Crippen MR) is 191 cm³/mol. The lowest BCUT2D eigenvalue weighted by Crippen LogP contribution is -2.39.